The van der Waals surface area contributed by atoms with Crippen molar-refractivity contribution >= 4 is 33.8 Å². The van der Waals surface area contributed by atoms with Crippen LogP contribution in [-0.2, 0) is 0 Å². The zero-order valence-electron chi connectivity index (χ0n) is 18.7. The van der Waals surface area contributed by atoms with Gasteiger partial charge in [0.15, 0.2) is 5.65 Å². The lowest BCUT2D eigenvalue weighted by atomic mass is 9.92. The highest BCUT2D eigenvalue weighted by Crippen LogP contribution is 2.39. The molecule has 1 aliphatic carbocycles. The monoisotopic (exact) mass is 495 g/mol. The van der Waals surface area contributed by atoms with Gasteiger partial charge < -0.3 is 9.72 Å². The molecule has 1 aromatic carbocycles. The summed E-state index contributed by atoms with van der Waals surface area (Å²) in [7, 11) is 0. The molecule has 1 aliphatic rings. The van der Waals surface area contributed by atoms with E-state index in [9.17, 15) is 8.78 Å². The minimum absolute atomic E-state index is 0.0509. The second-order valence-electron chi connectivity index (χ2n) is 8.76. The number of aromatic amines is 1. The molecule has 0 radical (unpaired) electrons. The average Bonchev–Trinajstić information content (AvgIpc) is 3.47. The third-order valence-electron chi connectivity index (χ3n) is 6.23. The molecular formula is C24H20ClF2N7O. The summed E-state index contributed by atoms with van der Waals surface area (Å²) in [6, 6.07) is 5.27. The number of H-pyrrole nitrogens is 1. The number of halogens is 3. The Balaban J connectivity index is 1.29. The van der Waals surface area contributed by atoms with E-state index in [0.717, 1.165) is 16.9 Å². The predicted octanol–water partition coefficient (Wildman–Crippen LogP) is 6.27. The molecular weight excluding hydrogens is 476 g/mol. The summed E-state index contributed by atoms with van der Waals surface area (Å²) < 4.78 is 34.8. The number of imidazole rings is 1. The molecule has 0 aliphatic heterocycles. The molecule has 0 amide bonds. The molecule has 0 spiro atoms. The Bertz CT molecular complexity index is 1550. The summed E-state index contributed by atoms with van der Waals surface area (Å²) in [6.45, 7) is 1.86. The normalized spacial score (nSPS) is 16.2. The van der Waals surface area contributed by atoms with Crippen LogP contribution in [0.25, 0.3) is 33.5 Å². The van der Waals surface area contributed by atoms with Crippen molar-refractivity contribution < 1.29 is 13.5 Å². The van der Waals surface area contributed by atoms with Gasteiger partial charge in [-0.25, -0.2) is 23.7 Å². The average molecular weight is 496 g/mol. The number of ether oxygens (including phenoxy) is 1. The first kappa shape index (κ1) is 21.8. The van der Waals surface area contributed by atoms with E-state index >= 15 is 0 Å². The molecule has 4 aromatic heterocycles. The first-order valence-corrected chi connectivity index (χ1v) is 11.6. The number of pyridine rings is 1. The third-order valence-corrected chi connectivity index (χ3v) is 6.60. The van der Waals surface area contributed by atoms with Crippen molar-refractivity contribution in [1.29, 1.82) is 0 Å². The molecule has 178 valence electrons. The Morgan fingerprint density at radius 1 is 1.11 bits per heavy atom. The fourth-order valence-electron chi connectivity index (χ4n) is 4.39. The van der Waals surface area contributed by atoms with E-state index in [1.165, 1.54) is 0 Å². The van der Waals surface area contributed by atoms with Crippen molar-refractivity contribution in [2.75, 3.05) is 0 Å². The maximum Gasteiger partial charge on any atom is 0.248 e. The van der Waals surface area contributed by atoms with Crippen LogP contribution in [0, 0.1) is 6.92 Å². The first-order valence-electron chi connectivity index (χ1n) is 11.2. The standard InChI is InChI=1S/C24H20ClF2N7O/c1-13-31-18-8-16(10-29-23(18)32-13)35-20-3-2-17-22(21(20)25)33-19(11-28-17)14-9-30-34(12-14)15-4-6-24(26,27)7-5-15/h2-3,8-12,15H,4-7H2,1H3,(H,29,31,32). The Morgan fingerprint density at radius 2 is 1.94 bits per heavy atom. The SMILES string of the molecule is Cc1nc2ncc(Oc3ccc4ncc(-c5cnn(C6CCC(F)(F)CC6)c5)nc4c3Cl)cc2[nH]1. The molecule has 5 aromatic rings. The maximum absolute atomic E-state index is 13.5. The van der Waals surface area contributed by atoms with E-state index in [2.05, 4.69) is 25.0 Å². The van der Waals surface area contributed by atoms with Crippen LogP contribution in [0.3, 0.4) is 0 Å². The van der Waals surface area contributed by atoms with Gasteiger partial charge in [-0.1, -0.05) is 11.6 Å². The lowest BCUT2D eigenvalue weighted by Gasteiger charge is -2.28. The van der Waals surface area contributed by atoms with Gasteiger partial charge in [-0.05, 0) is 31.9 Å². The smallest absolute Gasteiger partial charge is 0.248 e. The maximum atomic E-state index is 13.5. The zero-order chi connectivity index (χ0) is 24.2. The van der Waals surface area contributed by atoms with Crippen LogP contribution in [0.1, 0.15) is 37.5 Å². The molecule has 11 heteroatoms. The molecule has 1 N–H and O–H groups in total. The van der Waals surface area contributed by atoms with Crippen molar-refractivity contribution in [2.24, 2.45) is 0 Å². The van der Waals surface area contributed by atoms with Gasteiger partial charge in [-0.15, -0.1) is 0 Å². The van der Waals surface area contributed by atoms with Crippen molar-refractivity contribution in [3.8, 4) is 22.8 Å². The number of alkyl halides is 2. The molecule has 0 unspecified atom stereocenters. The van der Waals surface area contributed by atoms with Crippen LogP contribution in [0.2, 0.25) is 5.02 Å². The quantitative estimate of drug-likeness (QED) is 0.316. The van der Waals surface area contributed by atoms with Gasteiger partial charge in [0, 0.05) is 30.7 Å². The van der Waals surface area contributed by atoms with Gasteiger partial charge >= 0.3 is 0 Å². The van der Waals surface area contributed by atoms with Gasteiger partial charge in [0.25, 0.3) is 0 Å². The Labute approximate surface area is 203 Å². The van der Waals surface area contributed by atoms with Crippen LogP contribution >= 0.6 is 11.6 Å². The first-order chi connectivity index (χ1) is 16.8. The minimum atomic E-state index is -2.58. The summed E-state index contributed by atoms with van der Waals surface area (Å²) >= 11 is 6.67. The Hall–Kier alpha value is -3.66. The number of benzene rings is 1. The molecule has 0 saturated heterocycles. The number of fused-ring (bicyclic) bond motifs is 2. The molecule has 6 rings (SSSR count). The van der Waals surface area contributed by atoms with E-state index < -0.39 is 5.92 Å². The second kappa shape index (κ2) is 8.23. The molecule has 4 heterocycles. The summed E-state index contributed by atoms with van der Waals surface area (Å²) in [5.74, 6) is -0.889. The van der Waals surface area contributed by atoms with Gasteiger partial charge in [0.1, 0.15) is 27.9 Å². The summed E-state index contributed by atoms with van der Waals surface area (Å²) in [4.78, 5) is 20.9. The van der Waals surface area contributed by atoms with Crippen molar-refractivity contribution in [1.82, 2.24) is 34.7 Å². The fourth-order valence-corrected chi connectivity index (χ4v) is 4.63. The largest absolute Gasteiger partial charge is 0.454 e. The fraction of sp³-hybridized carbons (Fsp3) is 0.292. The number of aryl methyl sites for hydroxylation is 1. The van der Waals surface area contributed by atoms with Crippen molar-refractivity contribution in [3.05, 3.63) is 53.8 Å². The number of aromatic nitrogens is 7. The van der Waals surface area contributed by atoms with Crippen LogP contribution in [0.15, 0.2) is 43.0 Å². The summed E-state index contributed by atoms with van der Waals surface area (Å²) in [5, 5.41) is 4.72. The summed E-state index contributed by atoms with van der Waals surface area (Å²) in [5.41, 5.74) is 3.79. The van der Waals surface area contributed by atoms with Gasteiger partial charge in [0.05, 0.1) is 41.4 Å². The predicted molar refractivity (Wildman–Crippen MR) is 127 cm³/mol. The second-order valence-corrected chi connectivity index (χ2v) is 9.14. The van der Waals surface area contributed by atoms with E-state index in [4.69, 9.17) is 21.3 Å². The van der Waals surface area contributed by atoms with Crippen molar-refractivity contribution in [2.45, 2.75) is 44.6 Å². The third kappa shape index (κ3) is 4.18. The number of nitrogens with zero attached hydrogens (tertiary/aromatic N) is 6. The lowest BCUT2D eigenvalue weighted by molar-refractivity contribution is -0.0449. The van der Waals surface area contributed by atoms with E-state index in [1.54, 1.807) is 41.5 Å². The van der Waals surface area contributed by atoms with Crippen LogP contribution in [0.5, 0.6) is 11.5 Å². The number of hydrogen-bond donors (Lipinski definition) is 1. The Morgan fingerprint density at radius 3 is 2.77 bits per heavy atom. The molecule has 0 bridgehead atoms. The number of hydrogen-bond acceptors (Lipinski definition) is 6. The lowest BCUT2D eigenvalue weighted by Crippen LogP contribution is -2.26. The topological polar surface area (TPSA) is 94.4 Å². The molecule has 1 saturated carbocycles. The minimum Gasteiger partial charge on any atom is -0.454 e. The van der Waals surface area contributed by atoms with Crippen LogP contribution < -0.4 is 4.74 Å². The van der Waals surface area contributed by atoms with Gasteiger partial charge in [-0.3, -0.25) is 9.67 Å². The highest BCUT2D eigenvalue weighted by atomic mass is 35.5. The van der Waals surface area contributed by atoms with E-state index in [1.807, 2.05) is 13.1 Å². The number of rotatable bonds is 4. The Kier molecular flexibility index (Phi) is 5.14. The van der Waals surface area contributed by atoms with Gasteiger partial charge in [-0.2, -0.15) is 5.10 Å². The zero-order valence-corrected chi connectivity index (χ0v) is 19.4. The molecule has 1 fully saturated rings. The van der Waals surface area contributed by atoms with Crippen LogP contribution in [0.4, 0.5) is 8.78 Å². The van der Waals surface area contributed by atoms with E-state index in [-0.39, 0.29) is 18.9 Å². The van der Waals surface area contributed by atoms with Crippen molar-refractivity contribution in [3.63, 3.8) is 0 Å². The number of nitrogens with one attached hydrogen (secondary N) is 1. The van der Waals surface area contributed by atoms with Crippen LogP contribution in [-0.4, -0.2) is 40.6 Å². The van der Waals surface area contributed by atoms with Gasteiger partial charge in [0.2, 0.25) is 5.92 Å². The summed E-state index contributed by atoms with van der Waals surface area (Å²) in [6.07, 6.45) is 7.27. The highest BCUT2D eigenvalue weighted by Gasteiger charge is 2.35. The molecule has 8 nitrogen and oxygen atoms in total. The molecule has 0 atom stereocenters. The highest BCUT2D eigenvalue weighted by molar-refractivity contribution is 6.36. The van der Waals surface area contributed by atoms with E-state index in [0.29, 0.717) is 51.7 Å². The molecule has 35 heavy (non-hydrogen) atoms.